The summed E-state index contributed by atoms with van der Waals surface area (Å²) in [6, 6.07) is 15.8. The van der Waals surface area contributed by atoms with Crippen LogP contribution in [0.5, 0.6) is 5.75 Å². The number of hydrogen-bond donors (Lipinski definition) is 0. The minimum atomic E-state index is -0.141. The van der Waals surface area contributed by atoms with Gasteiger partial charge in [0.15, 0.2) is 0 Å². The zero-order valence-electron chi connectivity index (χ0n) is 16.4. The van der Waals surface area contributed by atoms with Gasteiger partial charge >= 0.3 is 0 Å². The maximum Gasteiger partial charge on any atom is 0.257 e. The average Bonchev–Trinajstić information content (AvgIpc) is 3.21. The van der Waals surface area contributed by atoms with Crippen molar-refractivity contribution in [1.82, 2.24) is 9.91 Å². The highest BCUT2D eigenvalue weighted by molar-refractivity contribution is 9.10. The largest absolute Gasteiger partial charge is 0.497 e. The van der Waals surface area contributed by atoms with Crippen LogP contribution in [0.1, 0.15) is 23.6 Å². The molecule has 0 N–H and O–H groups in total. The van der Waals surface area contributed by atoms with Crippen LogP contribution in [0, 0.1) is 0 Å². The second kappa shape index (κ2) is 9.07. The molecule has 29 heavy (non-hydrogen) atoms. The van der Waals surface area contributed by atoms with E-state index in [1.807, 2.05) is 48.5 Å². The molecular weight excluding hydrogens is 434 g/mol. The molecular formula is C22H24BrN3O3. The Bertz CT molecular complexity index is 894. The summed E-state index contributed by atoms with van der Waals surface area (Å²) in [6.45, 7) is 3.22. The van der Waals surface area contributed by atoms with E-state index in [-0.39, 0.29) is 11.9 Å². The van der Waals surface area contributed by atoms with E-state index >= 15 is 0 Å². The van der Waals surface area contributed by atoms with E-state index in [0.29, 0.717) is 26.2 Å². The summed E-state index contributed by atoms with van der Waals surface area (Å²) in [4.78, 5) is 15.3. The van der Waals surface area contributed by atoms with E-state index in [9.17, 15) is 4.79 Å². The van der Waals surface area contributed by atoms with Gasteiger partial charge in [-0.3, -0.25) is 9.69 Å². The highest BCUT2D eigenvalue weighted by Crippen LogP contribution is 2.34. The number of nitrogens with zero attached hydrogens (tertiary/aromatic N) is 3. The van der Waals surface area contributed by atoms with Crippen LogP contribution in [0.4, 0.5) is 0 Å². The molecule has 2 aliphatic rings. The smallest absolute Gasteiger partial charge is 0.257 e. The van der Waals surface area contributed by atoms with Crippen LogP contribution in [0.2, 0.25) is 0 Å². The molecule has 6 nitrogen and oxygen atoms in total. The summed E-state index contributed by atoms with van der Waals surface area (Å²) in [7, 11) is 1.65. The zero-order chi connectivity index (χ0) is 20.2. The number of amides is 1. The maximum atomic E-state index is 13.2. The summed E-state index contributed by atoms with van der Waals surface area (Å²) in [5.74, 6) is 0.784. The molecule has 1 atom stereocenters. The van der Waals surface area contributed by atoms with Gasteiger partial charge in [-0.1, -0.05) is 40.2 Å². The van der Waals surface area contributed by atoms with E-state index in [4.69, 9.17) is 14.6 Å². The third-order valence-corrected chi connectivity index (χ3v) is 5.81. The van der Waals surface area contributed by atoms with Crippen molar-refractivity contribution in [3.8, 4) is 5.75 Å². The predicted octanol–water partition coefficient (Wildman–Crippen LogP) is 3.47. The lowest BCUT2D eigenvalue weighted by molar-refractivity contribution is -0.135. The molecule has 2 aromatic carbocycles. The minimum Gasteiger partial charge on any atom is -0.497 e. The van der Waals surface area contributed by atoms with Gasteiger partial charge in [-0.05, 0) is 35.4 Å². The molecule has 1 unspecified atom stereocenters. The molecule has 0 bridgehead atoms. The third kappa shape index (κ3) is 4.69. The molecule has 2 aromatic rings. The molecule has 0 spiro atoms. The zero-order valence-corrected chi connectivity index (χ0v) is 18.0. The number of morpholine rings is 1. The van der Waals surface area contributed by atoms with Gasteiger partial charge in [-0.15, -0.1) is 0 Å². The number of halogens is 1. The van der Waals surface area contributed by atoms with Crippen LogP contribution in [-0.4, -0.2) is 61.5 Å². The maximum absolute atomic E-state index is 13.2. The Morgan fingerprint density at radius 2 is 1.97 bits per heavy atom. The monoisotopic (exact) mass is 457 g/mol. The standard InChI is InChI=1S/C22H24BrN3O3/c1-28-19-4-2-3-17(13-19)21-14-20(16-5-7-18(23)8-6-16)24-26(21)22(27)15-25-9-11-29-12-10-25/h2-8,13,21H,9-12,14-15H2,1H3. The van der Waals surface area contributed by atoms with Crippen LogP contribution in [0.25, 0.3) is 0 Å². The van der Waals surface area contributed by atoms with Gasteiger partial charge in [0.2, 0.25) is 0 Å². The Morgan fingerprint density at radius 3 is 2.69 bits per heavy atom. The predicted molar refractivity (Wildman–Crippen MR) is 115 cm³/mol. The van der Waals surface area contributed by atoms with Crippen LogP contribution >= 0.6 is 15.9 Å². The van der Waals surface area contributed by atoms with Crippen molar-refractivity contribution < 1.29 is 14.3 Å². The lowest BCUT2D eigenvalue weighted by atomic mass is 9.98. The van der Waals surface area contributed by atoms with Crippen LogP contribution < -0.4 is 4.74 Å². The lowest BCUT2D eigenvalue weighted by Gasteiger charge is -2.29. The number of carbonyl (C=O) groups excluding carboxylic acids is 1. The van der Waals surface area contributed by atoms with Crippen LogP contribution in [0.3, 0.4) is 0 Å². The Labute approximate surface area is 179 Å². The molecule has 0 aliphatic carbocycles. The van der Waals surface area contributed by atoms with Crippen molar-refractivity contribution in [3.63, 3.8) is 0 Å². The number of hydrogen-bond acceptors (Lipinski definition) is 5. The van der Waals surface area contributed by atoms with Gasteiger partial charge in [-0.2, -0.15) is 5.10 Å². The second-order valence-corrected chi connectivity index (χ2v) is 8.09. The Balaban J connectivity index is 1.61. The fourth-order valence-electron chi connectivity index (χ4n) is 3.69. The summed E-state index contributed by atoms with van der Waals surface area (Å²) < 4.78 is 11.8. The third-order valence-electron chi connectivity index (χ3n) is 5.28. The first-order valence-electron chi connectivity index (χ1n) is 9.73. The molecule has 1 amide bonds. The normalized spacial score (nSPS) is 19.9. The second-order valence-electron chi connectivity index (χ2n) is 7.18. The van der Waals surface area contributed by atoms with Gasteiger partial charge in [-0.25, -0.2) is 5.01 Å². The van der Waals surface area contributed by atoms with Gasteiger partial charge in [0.05, 0.1) is 38.6 Å². The molecule has 1 saturated heterocycles. The van der Waals surface area contributed by atoms with Crippen molar-refractivity contribution in [2.75, 3.05) is 40.0 Å². The van der Waals surface area contributed by atoms with Gasteiger partial charge in [0, 0.05) is 24.0 Å². The minimum absolute atomic E-state index is 0.00633. The Morgan fingerprint density at radius 1 is 1.21 bits per heavy atom. The van der Waals surface area contributed by atoms with Crippen molar-refractivity contribution in [2.45, 2.75) is 12.5 Å². The van der Waals surface area contributed by atoms with Crippen LogP contribution in [-0.2, 0) is 9.53 Å². The van der Waals surface area contributed by atoms with Crippen LogP contribution in [0.15, 0.2) is 58.1 Å². The molecule has 2 heterocycles. The number of rotatable bonds is 5. The first kappa shape index (κ1) is 20.1. The number of ether oxygens (including phenoxy) is 2. The van der Waals surface area contributed by atoms with Gasteiger partial charge in [0.25, 0.3) is 5.91 Å². The summed E-state index contributed by atoms with van der Waals surface area (Å²) >= 11 is 3.47. The van der Waals surface area contributed by atoms with Crippen molar-refractivity contribution in [1.29, 1.82) is 0 Å². The molecule has 0 aromatic heterocycles. The first-order valence-corrected chi connectivity index (χ1v) is 10.5. The average molecular weight is 458 g/mol. The van der Waals surface area contributed by atoms with E-state index in [2.05, 4.69) is 20.8 Å². The molecule has 152 valence electrons. The Kier molecular flexibility index (Phi) is 6.28. The molecule has 4 rings (SSSR count). The van der Waals surface area contributed by atoms with Gasteiger partial charge < -0.3 is 9.47 Å². The van der Waals surface area contributed by atoms with Gasteiger partial charge in [0.1, 0.15) is 5.75 Å². The van der Waals surface area contributed by atoms with Crippen molar-refractivity contribution in [2.24, 2.45) is 5.10 Å². The fraction of sp³-hybridized carbons (Fsp3) is 0.364. The summed E-state index contributed by atoms with van der Waals surface area (Å²) in [6.07, 6.45) is 0.670. The fourth-order valence-corrected chi connectivity index (χ4v) is 3.95. The summed E-state index contributed by atoms with van der Waals surface area (Å²) in [5, 5.41) is 6.41. The number of benzene rings is 2. The SMILES string of the molecule is COc1cccc(C2CC(c3ccc(Br)cc3)=NN2C(=O)CN2CCOCC2)c1. The highest BCUT2D eigenvalue weighted by Gasteiger charge is 2.34. The molecule has 0 radical (unpaired) electrons. The molecule has 0 saturated carbocycles. The molecule has 1 fully saturated rings. The van der Waals surface area contributed by atoms with E-state index in [1.54, 1.807) is 12.1 Å². The first-order chi connectivity index (χ1) is 14.1. The number of methoxy groups -OCH3 is 1. The highest BCUT2D eigenvalue weighted by atomic mass is 79.9. The summed E-state index contributed by atoms with van der Waals surface area (Å²) in [5.41, 5.74) is 2.97. The quantitative estimate of drug-likeness (QED) is 0.689. The van der Waals surface area contributed by atoms with Crippen molar-refractivity contribution >= 4 is 27.5 Å². The topological polar surface area (TPSA) is 54.4 Å². The lowest BCUT2D eigenvalue weighted by Crippen LogP contribution is -2.43. The van der Waals surface area contributed by atoms with E-state index < -0.39 is 0 Å². The molecule has 7 heteroatoms. The molecule has 2 aliphatic heterocycles. The number of carbonyl (C=O) groups is 1. The Hall–Kier alpha value is -2.22. The van der Waals surface area contributed by atoms with E-state index in [0.717, 1.165) is 40.2 Å². The van der Waals surface area contributed by atoms with Crippen molar-refractivity contribution in [3.05, 3.63) is 64.1 Å². The van der Waals surface area contributed by atoms with E-state index in [1.165, 1.54) is 0 Å². The number of hydrazone groups is 1.